The number of amides is 1. The van der Waals surface area contributed by atoms with Crippen LogP contribution in [0.2, 0.25) is 0 Å². The molecule has 2 aromatic rings. The van der Waals surface area contributed by atoms with Crippen molar-refractivity contribution >= 4 is 11.6 Å². The van der Waals surface area contributed by atoms with Gasteiger partial charge in [-0.15, -0.1) is 0 Å². The molecule has 0 radical (unpaired) electrons. The minimum atomic E-state index is 0.155. The number of nitrogens with one attached hydrogen (secondary N) is 1. The number of benzene rings is 2. The molecule has 0 atom stereocenters. The first-order chi connectivity index (χ1) is 13.2. The molecule has 1 N–H and O–H groups in total. The molecule has 142 valence electrons. The first-order valence-corrected chi connectivity index (χ1v) is 10.2. The summed E-state index contributed by atoms with van der Waals surface area (Å²) >= 11 is 0. The molecule has 0 unspecified atom stereocenters. The van der Waals surface area contributed by atoms with Crippen LogP contribution in [-0.2, 0) is 4.79 Å². The monoisotopic (exact) mass is 363 g/mol. The number of anilines is 1. The summed E-state index contributed by atoms with van der Waals surface area (Å²) in [5, 5.41) is 3.08. The van der Waals surface area contributed by atoms with E-state index in [9.17, 15) is 4.79 Å². The van der Waals surface area contributed by atoms with E-state index in [0.717, 1.165) is 30.2 Å². The fourth-order valence-corrected chi connectivity index (χ4v) is 4.31. The summed E-state index contributed by atoms with van der Waals surface area (Å²) < 4.78 is 5.24. The van der Waals surface area contributed by atoms with Crippen LogP contribution in [0.15, 0.2) is 48.5 Å². The maximum atomic E-state index is 12.4. The normalized spacial score (nSPS) is 22.3. The molecule has 0 heterocycles. The SMILES string of the molecule is COc1ccc([C@H]2CC[C@@H](CC(=O)Nc3ccc(C4CC4)cc3)CC2)cc1. The number of rotatable bonds is 6. The van der Waals surface area contributed by atoms with E-state index >= 15 is 0 Å². The van der Waals surface area contributed by atoms with Crippen molar-refractivity contribution in [3.8, 4) is 5.75 Å². The highest BCUT2D eigenvalue weighted by Crippen LogP contribution is 2.40. The Kier molecular flexibility index (Phi) is 5.47. The van der Waals surface area contributed by atoms with Crippen LogP contribution in [0.3, 0.4) is 0 Å². The van der Waals surface area contributed by atoms with Crippen LogP contribution in [0.4, 0.5) is 5.69 Å². The Morgan fingerprint density at radius 2 is 1.37 bits per heavy atom. The standard InChI is InChI=1S/C24H29NO2/c1-27-23-14-10-21(11-15-23)18-4-2-17(3-5-18)16-24(26)25-22-12-8-20(9-13-22)19-6-7-19/h8-15,17-19H,2-7,16H2,1H3,(H,25,26)/t17-,18+. The third kappa shape index (κ3) is 4.71. The van der Waals surface area contributed by atoms with Crippen LogP contribution in [0, 0.1) is 5.92 Å². The second-order valence-electron chi connectivity index (χ2n) is 8.14. The van der Waals surface area contributed by atoms with E-state index < -0.39 is 0 Å². The molecule has 2 saturated carbocycles. The van der Waals surface area contributed by atoms with Crippen molar-refractivity contribution in [1.82, 2.24) is 0 Å². The molecule has 3 nitrogen and oxygen atoms in total. The molecule has 27 heavy (non-hydrogen) atoms. The molecule has 1 amide bonds. The minimum absolute atomic E-state index is 0.155. The Hall–Kier alpha value is -2.29. The molecule has 0 spiro atoms. The predicted octanol–water partition coefficient (Wildman–Crippen LogP) is 5.88. The lowest BCUT2D eigenvalue weighted by Crippen LogP contribution is -2.20. The molecule has 2 aliphatic rings. The zero-order valence-corrected chi connectivity index (χ0v) is 16.1. The number of carbonyl (C=O) groups excluding carboxylic acids is 1. The summed E-state index contributed by atoms with van der Waals surface area (Å²) in [6.45, 7) is 0. The highest BCUT2D eigenvalue weighted by Gasteiger charge is 2.25. The molecule has 4 rings (SSSR count). The lowest BCUT2D eigenvalue weighted by molar-refractivity contribution is -0.117. The average Bonchev–Trinajstić information content (AvgIpc) is 3.55. The van der Waals surface area contributed by atoms with Crippen LogP contribution in [0.5, 0.6) is 5.75 Å². The smallest absolute Gasteiger partial charge is 0.224 e. The van der Waals surface area contributed by atoms with Crippen molar-refractivity contribution in [1.29, 1.82) is 0 Å². The van der Waals surface area contributed by atoms with Crippen molar-refractivity contribution in [3.63, 3.8) is 0 Å². The van der Waals surface area contributed by atoms with E-state index in [1.54, 1.807) is 7.11 Å². The summed E-state index contributed by atoms with van der Waals surface area (Å²) in [5.74, 6) is 2.95. The number of hydrogen-bond donors (Lipinski definition) is 1. The summed E-state index contributed by atoms with van der Waals surface area (Å²) in [6.07, 6.45) is 7.85. The van der Waals surface area contributed by atoms with Gasteiger partial charge in [0.25, 0.3) is 0 Å². The molecule has 3 heteroatoms. The lowest BCUT2D eigenvalue weighted by Gasteiger charge is -2.28. The summed E-state index contributed by atoms with van der Waals surface area (Å²) in [5.41, 5.74) is 3.73. The van der Waals surface area contributed by atoms with Gasteiger partial charge >= 0.3 is 0 Å². The Balaban J connectivity index is 1.23. The van der Waals surface area contributed by atoms with Gasteiger partial charge in [-0.2, -0.15) is 0 Å². The average molecular weight is 364 g/mol. The molecule has 2 aliphatic carbocycles. The number of hydrogen-bond acceptors (Lipinski definition) is 2. The van der Waals surface area contributed by atoms with E-state index in [2.05, 4.69) is 29.6 Å². The molecule has 0 aromatic heterocycles. The second kappa shape index (κ2) is 8.16. The second-order valence-corrected chi connectivity index (χ2v) is 8.14. The Labute approximate surface area is 162 Å². The van der Waals surface area contributed by atoms with Crippen LogP contribution >= 0.6 is 0 Å². The minimum Gasteiger partial charge on any atom is -0.497 e. The third-order valence-corrected chi connectivity index (χ3v) is 6.15. The van der Waals surface area contributed by atoms with Gasteiger partial charge in [0, 0.05) is 12.1 Å². The quantitative estimate of drug-likeness (QED) is 0.696. The van der Waals surface area contributed by atoms with E-state index in [0.29, 0.717) is 18.3 Å². The molecule has 2 fully saturated rings. The van der Waals surface area contributed by atoms with Gasteiger partial charge in [-0.1, -0.05) is 24.3 Å². The van der Waals surface area contributed by atoms with Crippen molar-refractivity contribution in [2.75, 3.05) is 12.4 Å². The van der Waals surface area contributed by atoms with Gasteiger partial charge in [-0.05, 0) is 91.7 Å². The number of ether oxygens (including phenoxy) is 1. The van der Waals surface area contributed by atoms with Gasteiger partial charge in [0.05, 0.1) is 7.11 Å². The number of methoxy groups -OCH3 is 1. The van der Waals surface area contributed by atoms with Crippen LogP contribution in [0.25, 0.3) is 0 Å². The van der Waals surface area contributed by atoms with Gasteiger partial charge in [0.15, 0.2) is 0 Å². The topological polar surface area (TPSA) is 38.3 Å². The predicted molar refractivity (Wildman–Crippen MR) is 109 cm³/mol. The van der Waals surface area contributed by atoms with Gasteiger partial charge in [-0.25, -0.2) is 0 Å². The first kappa shape index (κ1) is 18.1. The Morgan fingerprint density at radius 1 is 0.852 bits per heavy atom. The first-order valence-electron chi connectivity index (χ1n) is 10.2. The van der Waals surface area contributed by atoms with Gasteiger partial charge in [-0.3, -0.25) is 4.79 Å². The molecular formula is C24H29NO2. The number of carbonyl (C=O) groups is 1. The van der Waals surface area contributed by atoms with E-state index in [-0.39, 0.29) is 5.91 Å². The largest absolute Gasteiger partial charge is 0.497 e. The van der Waals surface area contributed by atoms with E-state index in [4.69, 9.17) is 4.74 Å². The lowest BCUT2D eigenvalue weighted by atomic mass is 9.77. The van der Waals surface area contributed by atoms with E-state index in [1.807, 2.05) is 24.3 Å². The van der Waals surface area contributed by atoms with Crippen molar-refractivity contribution < 1.29 is 9.53 Å². The highest BCUT2D eigenvalue weighted by molar-refractivity contribution is 5.90. The Bertz CT molecular complexity index is 754. The van der Waals surface area contributed by atoms with Crippen LogP contribution < -0.4 is 10.1 Å². The van der Waals surface area contributed by atoms with Crippen LogP contribution in [0.1, 0.15) is 67.9 Å². The fourth-order valence-electron chi connectivity index (χ4n) is 4.31. The van der Waals surface area contributed by atoms with Gasteiger partial charge in [0.1, 0.15) is 5.75 Å². The van der Waals surface area contributed by atoms with Crippen molar-refractivity contribution in [2.24, 2.45) is 5.92 Å². The third-order valence-electron chi connectivity index (χ3n) is 6.15. The maximum absolute atomic E-state index is 12.4. The molecule has 2 aromatic carbocycles. The van der Waals surface area contributed by atoms with E-state index in [1.165, 1.54) is 36.8 Å². The zero-order chi connectivity index (χ0) is 18.6. The summed E-state index contributed by atoms with van der Waals surface area (Å²) in [4.78, 5) is 12.4. The summed E-state index contributed by atoms with van der Waals surface area (Å²) in [7, 11) is 1.70. The fraction of sp³-hybridized carbons (Fsp3) is 0.458. The van der Waals surface area contributed by atoms with Gasteiger partial charge in [0.2, 0.25) is 5.91 Å². The van der Waals surface area contributed by atoms with Crippen LogP contribution in [-0.4, -0.2) is 13.0 Å². The van der Waals surface area contributed by atoms with Gasteiger partial charge < -0.3 is 10.1 Å². The van der Waals surface area contributed by atoms with Crippen molar-refractivity contribution in [3.05, 3.63) is 59.7 Å². The molecule has 0 aliphatic heterocycles. The molecule has 0 saturated heterocycles. The zero-order valence-electron chi connectivity index (χ0n) is 16.1. The van der Waals surface area contributed by atoms with Crippen molar-refractivity contribution in [2.45, 2.75) is 56.8 Å². The highest BCUT2D eigenvalue weighted by atomic mass is 16.5. The Morgan fingerprint density at radius 3 is 1.89 bits per heavy atom. The maximum Gasteiger partial charge on any atom is 0.224 e. The summed E-state index contributed by atoms with van der Waals surface area (Å²) in [6, 6.07) is 16.9. The molecular weight excluding hydrogens is 334 g/mol. The molecule has 0 bridgehead atoms.